The predicted octanol–water partition coefficient (Wildman–Crippen LogP) is 5.62. The van der Waals surface area contributed by atoms with E-state index in [1.54, 1.807) is 24.3 Å². The number of Topliss-reactive ketones (excluding diaryl/α,β-unsaturated/α-hetero) is 1. The molecule has 1 aliphatic heterocycles. The Morgan fingerprint density at radius 3 is 2.38 bits per heavy atom. The van der Waals surface area contributed by atoms with Gasteiger partial charge in [-0.25, -0.2) is 0 Å². The number of carbonyl (C=O) groups is 2. The maximum absolute atomic E-state index is 13.0. The predicted molar refractivity (Wildman–Crippen MR) is 125 cm³/mol. The summed E-state index contributed by atoms with van der Waals surface area (Å²) in [4.78, 5) is 27.3. The Bertz CT molecular complexity index is 1060. The lowest BCUT2D eigenvalue weighted by Crippen LogP contribution is -2.30. The van der Waals surface area contributed by atoms with Crippen LogP contribution in [0.15, 0.2) is 42.0 Å². The molecule has 1 fully saturated rings. The Morgan fingerprint density at radius 2 is 1.81 bits per heavy atom. The topological polar surface area (TPSA) is 76.1 Å². The van der Waals surface area contributed by atoms with Crippen LogP contribution in [0.3, 0.4) is 0 Å². The second-order valence-corrected chi connectivity index (χ2v) is 8.54. The first-order valence-corrected chi connectivity index (χ1v) is 11.0. The summed E-state index contributed by atoms with van der Waals surface area (Å²) >= 11 is 12.4. The van der Waals surface area contributed by atoms with Crippen LogP contribution in [0.1, 0.15) is 44.4 Å². The number of rotatable bonds is 7. The minimum absolute atomic E-state index is 0.00613. The Balaban J connectivity index is 2.20. The molecule has 1 unspecified atom stereocenters. The lowest BCUT2D eigenvalue weighted by Gasteiger charge is -2.25. The summed E-state index contributed by atoms with van der Waals surface area (Å²) in [6.45, 7) is 6.11. The molecule has 1 saturated heterocycles. The van der Waals surface area contributed by atoms with Crippen molar-refractivity contribution in [1.29, 1.82) is 0 Å². The first-order valence-electron chi connectivity index (χ1n) is 10.3. The Kier molecular flexibility index (Phi) is 7.36. The number of hydrogen-bond acceptors (Lipinski definition) is 5. The summed E-state index contributed by atoms with van der Waals surface area (Å²) in [7, 11) is 1.40. The van der Waals surface area contributed by atoms with Crippen molar-refractivity contribution in [2.24, 2.45) is 0 Å². The fourth-order valence-electron chi connectivity index (χ4n) is 3.79. The van der Waals surface area contributed by atoms with Crippen LogP contribution in [0.5, 0.6) is 11.5 Å². The van der Waals surface area contributed by atoms with Gasteiger partial charge in [0.25, 0.3) is 11.7 Å². The zero-order valence-corrected chi connectivity index (χ0v) is 19.8. The van der Waals surface area contributed by atoms with Gasteiger partial charge >= 0.3 is 0 Å². The van der Waals surface area contributed by atoms with Gasteiger partial charge in [-0.05, 0) is 50.1 Å². The number of amides is 1. The van der Waals surface area contributed by atoms with Crippen molar-refractivity contribution < 1.29 is 24.2 Å². The van der Waals surface area contributed by atoms with Crippen molar-refractivity contribution in [2.45, 2.75) is 39.3 Å². The molecule has 6 nitrogen and oxygen atoms in total. The lowest BCUT2D eigenvalue weighted by atomic mass is 9.95. The van der Waals surface area contributed by atoms with E-state index >= 15 is 0 Å². The lowest BCUT2D eigenvalue weighted by molar-refractivity contribution is -0.139. The number of methoxy groups -OCH3 is 1. The third kappa shape index (κ3) is 4.57. The molecule has 2 aromatic rings. The molecule has 170 valence electrons. The number of ether oxygens (including phenoxy) is 2. The highest BCUT2D eigenvalue weighted by atomic mass is 35.5. The molecule has 0 saturated carbocycles. The van der Waals surface area contributed by atoms with Crippen molar-refractivity contribution >= 4 is 40.7 Å². The van der Waals surface area contributed by atoms with Crippen LogP contribution in [-0.4, -0.2) is 41.5 Å². The highest BCUT2D eigenvalue weighted by Gasteiger charge is 2.46. The van der Waals surface area contributed by atoms with Gasteiger partial charge in [0.1, 0.15) is 17.3 Å². The number of likely N-dealkylation sites (tertiary alicyclic amines) is 1. The summed E-state index contributed by atoms with van der Waals surface area (Å²) in [5.41, 5.74) is 0.768. The number of aliphatic hydroxyl groups excluding tert-OH is 1. The average Bonchev–Trinajstić information content (AvgIpc) is 2.98. The van der Waals surface area contributed by atoms with Crippen LogP contribution in [0, 0.1) is 0 Å². The normalized spacial score (nSPS) is 17.8. The van der Waals surface area contributed by atoms with E-state index in [1.165, 1.54) is 24.1 Å². The summed E-state index contributed by atoms with van der Waals surface area (Å²) in [5.74, 6) is -1.01. The van der Waals surface area contributed by atoms with E-state index in [4.69, 9.17) is 32.7 Å². The maximum Gasteiger partial charge on any atom is 0.295 e. The molecule has 0 bridgehead atoms. The van der Waals surface area contributed by atoms with Gasteiger partial charge in [0.2, 0.25) is 0 Å². The van der Waals surface area contributed by atoms with Crippen LogP contribution < -0.4 is 9.47 Å². The van der Waals surface area contributed by atoms with Crippen LogP contribution in [0.25, 0.3) is 5.76 Å². The third-order valence-corrected chi connectivity index (χ3v) is 5.54. The fourth-order valence-corrected chi connectivity index (χ4v) is 4.36. The van der Waals surface area contributed by atoms with Gasteiger partial charge in [-0.3, -0.25) is 9.59 Å². The van der Waals surface area contributed by atoms with Gasteiger partial charge in [-0.2, -0.15) is 0 Å². The van der Waals surface area contributed by atoms with E-state index in [2.05, 4.69) is 0 Å². The monoisotopic (exact) mass is 477 g/mol. The number of aliphatic hydroxyl groups is 1. The molecule has 3 rings (SSSR count). The molecule has 1 heterocycles. The number of carbonyl (C=O) groups excluding carboxylic acids is 2. The van der Waals surface area contributed by atoms with Gasteiger partial charge < -0.3 is 19.5 Å². The van der Waals surface area contributed by atoms with Crippen LogP contribution in [0.2, 0.25) is 10.0 Å². The Morgan fingerprint density at radius 1 is 1.16 bits per heavy atom. The molecule has 8 heteroatoms. The highest BCUT2D eigenvalue weighted by molar-refractivity contribution is 6.46. The fraction of sp³-hybridized carbons (Fsp3) is 0.333. The summed E-state index contributed by atoms with van der Waals surface area (Å²) < 4.78 is 11.0. The molecule has 1 N–H and O–H groups in total. The molecule has 32 heavy (non-hydrogen) atoms. The first-order chi connectivity index (χ1) is 15.2. The van der Waals surface area contributed by atoms with Gasteiger partial charge in [0.05, 0.1) is 35.4 Å². The summed E-state index contributed by atoms with van der Waals surface area (Å²) in [6.07, 6.45) is 0.649. The van der Waals surface area contributed by atoms with E-state index in [9.17, 15) is 14.7 Å². The molecule has 1 aliphatic rings. The minimum Gasteiger partial charge on any atom is -0.507 e. The zero-order chi connectivity index (χ0) is 23.6. The van der Waals surface area contributed by atoms with E-state index in [0.717, 1.165) is 0 Å². The summed E-state index contributed by atoms with van der Waals surface area (Å²) in [5, 5.41) is 11.7. The standard InChI is InChI=1S/C24H25Cl2NO5/c1-5-10-27-20(14-6-8-16(9-7-14)32-13(2)3)19(22(29)24(27)30)21(28)17-11-15(25)12-18(26)23(17)31-4/h6-9,11-13,20,28H,5,10H2,1-4H3/b21-19+. The van der Waals surface area contributed by atoms with Gasteiger partial charge in [0, 0.05) is 11.6 Å². The van der Waals surface area contributed by atoms with Crippen LogP contribution >= 0.6 is 23.2 Å². The molecule has 0 aliphatic carbocycles. The van der Waals surface area contributed by atoms with Crippen LogP contribution in [0.4, 0.5) is 0 Å². The van der Waals surface area contributed by atoms with Gasteiger partial charge in [0.15, 0.2) is 0 Å². The Hall–Kier alpha value is -2.70. The van der Waals surface area contributed by atoms with Crippen molar-refractivity contribution in [3.63, 3.8) is 0 Å². The second kappa shape index (κ2) is 9.84. The number of halogens is 2. The Labute approximate surface area is 197 Å². The zero-order valence-electron chi connectivity index (χ0n) is 18.3. The van der Waals surface area contributed by atoms with Gasteiger partial charge in [-0.1, -0.05) is 42.3 Å². The second-order valence-electron chi connectivity index (χ2n) is 7.70. The van der Waals surface area contributed by atoms with Crippen molar-refractivity contribution in [3.05, 3.63) is 63.1 Å². The minimum atomic E-state index is -0.776. The molecule has 2 aromatic carbocycles. The van der Waals surface area contributed by atoms with E-state index < -0.39 is 23.5 Å². The van der Waals surface area contributed by atoms with E-state index in [-0.39, 0.29) is 33.0 Å². The van der Waals surface area contributed by atoms with E-state index in [0.29, 0.717) is 24.3 Å². The average molecular weight is 478 g/mol. The maximum atomic E-state index is 13.0. The third-order valence-electron chi connectivity index (χ3n) is 5.04. The number of benzene rings is 2. The SMILES string of the molecule is CCCN1C(=O)C(=O)/C(=C(/O)c2cc(Cl)cc(Cl)c2OC)C1c1ccc(OC(C)C)cc1. The quantitative estimate of drug-likeness (QED) is 0.318. The summed E-state index contributed by atoms with van der Waals surface area (Å²) in [6, 6.07) is 9.27. The smallest absolute Gasteiger partial charge is 0.295 e. The molecule has 1 atom stereocenters. The number of ketones is 1. The molecule has 0 radical (unpaired) electrons. The molecule has 0 spiro atoms. The number of hydrogen-bond donors (Lipinski definition) is 1. The van der Waals surface area contributed by atoms with E-state index in [1.807, 2.05) is 20.8 Å². The largest absolute Gasteiger partial charge is 0.507 e. The van der Waals surface area contributed by atoms with Gasteiger partial charge in [-0.15, -0.1) is 0 Å². The molecular weight excluding hydrogens is 453 g/mol. The van der Waals surface area contributed by atoms with Crippen LogP contribution in [-0.2, 0) is 9.59 Å². The van der Waals surface area contributed by atoms with Crippen molar-refractivity contribution in [2.75, 3.05) is 13.7 Å². The number of nitrogens with zero attached hydrogens (tertiary/aromatic N) is 1. The molecular formula is C24H25Cl2NO5. The van der Waals surface area contributed by atoms with Crippen molar-refractivity contribution in [3.8, 4) is 11.5 Å². The molecule has 1 amide bonds. The molecule has 0 aromatic heterocycles. The first kappa shape index (κ1) is 24.0. The van der Waals surface area contributed by atoms with Crippen molar-refractivity contribution in [1.82, 2.24) is 4.90 Å². The highest BCUT2D eigenvalue weighted by Crippen LogP contribution is 2.43.